The maximum absolute atomic E-state index is 9.05. The third-order valence-corrected chi connectivity index (χ3v) is 2.90. The van der Waals surface area contributed by atoms with Crippen LogP contribution in [0.2, 0.25) is 0 Å². The SMILES string of the molecule is COc1ccccc1N(C)Cc1cccnc1C#N. The fourth-order valence-electron chi connectivity index (χ4n) is 1.95. The van der Waals surface area contributed by atoms with Crippen LogP contribution in [0.25, 0.3) is 0 Å². The summed E-state index contributed by atoms with van der Waals surface area (Å²) < 4.78 is 5.34. The predicted molar refractivity (Wildman–Crippen MR) is 74.1 cm³/mol. The van der Waals surface area contributed by atoms with Gasteiger partial charge in [-0.05, 0) is 18.2 Å². The molecule has 4 nitrogen and oxygen atoms in total. The molecule has 0 atom stereocenters. The highest BCUT2D eigenvalue weighted by molar-refractivity contribution is 5.58. The summed E-state index contributed by atoms with van der Waals surface area (Å²) in [5, 5.41) is 9.05. The molecule has 4 heteroatoms. The fourth-order valence-corrected chi connectivity index (χ4v) is 1.95. The van der Waals surface area contributed by atoms with Crippen molar-refractivity contribution in [3.8, 4) is 11.8 Å². The lowest BCUT2D eigenvalue weighted by molar-refractivity contribution is 0.415. The number of rotatable bonds is 4. The summed E-state index contributed by atoms with van der Waals surface area (Å²) in [4.78, 5) is 6.11. The quantitative estimate of drug-likeness (QED) is 0.840. The van der Waals surface area contributed by atoms with Crippen LogP contribution in [0.4, 0.5) is 5.69 Å². The Kier molecular flexibility index (Phi) is 3.99. The van der Waals surface area contributed by atoms with Crippen LogP contribution in [-0.4, -0.2) is 19.1 Å². The highest BCUT2D eigenvalue weighted by Gasteiger charge is 2.10. The smallest absolute Gasteiger partial charge is 0.145 e. The number of hydrogen-bond donors (Lipinski definition) is 0. The number of hydrogen-bond acceptors (Lipinski definition) is 4. The van der Waals surface area contributed by atoms with Crippen LogP contribution in [0.3, 0.4) is 0 Å². The fraction of sp³-hybridized carbons (Fsp3) is 0.200. The first kappa shape index (κ1) is 12.9. The van der Waals surface area contributed by atoms with Gasteiger partial charge < -0.3 is 9.64 Å². The van der Waals surface area contributed by atoms with Gasteiger partial charge in [0.15, 0.2) is 0 Å². The number of aromatic nitrogens is 1. The lowest BCUT2D eigenvalue weighted by Crippen LogP contribution is -2.18. The molecule has 0 aliphatic carbocycles. The Morgan fingerprint density at radius 3 is 2.79 bits per heavy atom. The summed E-state index contributed by atoms with van der Waals surface area (Å²) in [7, 11) is 3.61. The van der Waals surface area contributed by atoms with E-state index in [2.05, 4.69) is 11.1 Å². The second kappa shape index (κ2) is 5.87. The van der Waals surface area contributed by atoms with E-state index in [9.17, 15) is 0 Å². The van der Waals surface area contributed by atoms with Crippen LogP contribution in [0.5, 0.6) is 5.75 Å². The third-order valence-electron chi connectivity index (χ3n) is 2.90. The van der Waals surface area contributed by atoms with Crippen molar-refractivity contribution in [3.63, 3.8) is 0 Å². The Labute approximate surface area is 112 Å². The Morgan fingerprint density at radius 2 is 2.05 bits per heavy atom. The summed E-state index contributed by atoms with van der Waals surface area (Å²) in [5.74, 6) is 0.812. The summed E-state index contributed by atoms with van der Waals surface area (Å²) in [6.07, 6.45) is 1.63. The van der Waals surface area contributed by atoms with Crippen molar-refractivity contribution in [2.75, 3.05) is 19.1 Å². The Morgan fingerprint density at radius 1 is 1.26 bits per heavy atom. The molecule has 1 heterocycles. The number of nitriles is 1. The maximum Gasteiger partial charge on any atom is 0.145 e. The van der Waals surface area contributed by atoms with E-state index < -0.39 is 0 Å². The summed E-state index contributed by atoms with van der Waals surface area (Å²) in [5.41, 5.74) is 2.35. The molecule has 0 spiro atoms. The Bertz CT molecular complexity index is 604. The molecule has 0 saturated heterocycles. The van der Waals surface area contributed by atoms with Gasteiger partial charge in [0.05, 0.1) is 12.8 Å². The number of anilines is 1. The molecule has 2 aromatic rings. The van der Waals surface area contributed by atoms with E-state index in [1.807, 2.05) is 48.3 Å². The molecule has 0 aliphatic heterocycles. The van der Waals surface area contributed by atoms with Crippen LogP contribution in [0.1, 0.15) is 11.3 Å². The zero-order valence-corrected chi connectivity index (χ0v) is 11.0. The zero-order chi connectivity index (χ0) is 13.7. The molecule has 19 heavy (non-hydrogen) atoms. The number of nitrogens with zero attached hydrogens (tertiary/aromatic N) is 3. The second-order valence-electron chi connectivity index (χ2n) is 4.15. The highest BCUT2D eigenvalue weighted by Crippen LogP contribution is 2.27. The predicted octanol–water partition coefficient (Wildman–Crippen LogP) is 2.60. The topological polar surface area (TPSA) is 49.1 Å². The van der Waals surface area contributed by atoms with Crippen LogP contribution in [0.15, 0.2) is 42.6 Å². The monoisotopic (exact) mass is 253 g/mol. The molecular formula is C15H15N3O. The van der Waals surface area contributed by atoms with Crippen LogP contribution in [0, 0.1) is 11.3 Å². The zero-order valence-electron chi connectivity index (χ0n) is 11.0. The largest absolute Gasteiger partial charge is 0.495 e. The van der Waals surface area contributed by atoms with Gasteiger partial charge in [-0.1, -0.05) is 18.2 Å². The highest BCUT2D eigenvalue weighted by atomic mass is 16.5. The number of methoxy groups -OCH3 is 1. The van der Waals surface area contributed by atoms with Crippen molar-refractivity contribution < 1.29 is 4.74 Å². The lowest BCUT2D eigenvalue weighted by atomic mass is 10.2. The minimum Gasteiger partial charge on any atom is -0.495 e. The molecule has 0 radical (unpaired) electrons. The lowest BCUT2D eigenvalue weighted by Gasteiger charge is -2.21. The first-order chi connectivity index (χ1) is 9.26. The van der Waals surface area contributed by atoms with Gasteiger partial charge in [-0.25, -0.2) is 4.98 Å². The molecular weight excluding hydrogens is 238 g/mol. The van der Waals surface area contributed by atoms with Crippen molar-refractivity contribution >= 4 is 5.69 Å². The molecule has 0 fully saturated rings. The van der Waals surface area contributed by atoms with E-state index in [0.717, 1.165) is 17.0 Å². The molecule has 0 amide bonds. The molecule has 96 valence electrons. The molecule has 0 saturated carbocycles. The standard InChI is InChI=1S/C15H15N3O/c1-18(14-7-3-4-8-15(14)19-2)11-12-6-5-9-17-13(12)10-16/h3-9H,11H2,1-2H3. The number of pyridine rings is 1. The summed E-state index contributed by atoms with van der Waals surface area (Å²) in [6, 6.07) is 13.7. The van der Waals surface area contributed by atoms with Gasteiger partial charge in [0.1, 0.15) is 17.5 Å². The van der Waals surface area contributed by atoms with Gasteiger partial charge in [0, 0.05) is 25.4 Å². The van der Waals surface area contributed by atoms with Crippen LogP contribution >= 0.6 is 0 Å². The van der Waals surface area contributed by atoms with E-state index in [1.165, 1.54) is 0 Å². The van der Waals surface area contributed by atoms with Crippen LogP contribution < -0.4 is 9.64 Å². The van der Waals surface area contributed by atoms with Crippen LogP contribution in [-0.2, 0) is 6.54 Å². The first-order valence-electron chi connectivity index (χ1n) is 5.94. The number of para-hydroxylation sites is 2. The average Bonchev–Trinajstić information content (AvgIpc) is 2.47. The summed E-state index contributed by atoms with van der Waals surface area (Å²) in [6.45, 7) is 0.608. The molecule has 0 bridgehead atoms. The summed E-state index contributed by atoms with van der Waals surface area (Å²) >= 11 is 0. The van der Waals surface area contributed by atoms with E-state index in [0.29, 0.717) is 12.2 Å². The molecule has 1 aromatic heterocycles. The Balaban J connectivity index is 2.26. The van der Waals surface area contributed by atoms with Crippen molar-refractivity contribution in [1.29, 1.82) is 5.26 Å². The molecule has 0 aliphatic rings. The molecule has 0 N–H and O–H groups in total. The van der Waals surface area contributed by atoms with Gasteiger partial charge in [0.2, 0.25) is 0 Å². The van der Waals surface area contributed by atoms with E-state index in [1.54, 1.807) is 13.3 Å². The average molecular weight is 253 g/mol. The van der Waals surface area contributed by atoms with Crippen molar-refractivity contribution in [1.82, 2.24) is 4.98 Å². The van der Waals surface area contributed by atoms with E-state index in [-0.39, 0.29) is 0 Å². The van der Waals surface area contributed by atoms with Gasteiger partial charge in [-0.3, -0.25) is 0 Å². The van der Waals surface area contributed by atoms with Crippen molar-refractivity contribution in [2.45, 2.75) is 6.54 Å². The van der Waals surface area contributed by atoms with E-state index in [4.69, 9.17) is 10.00 Å². The van der Waals surface area contributed by atoms with Gasteiger partial charge in [-0.2, -0.15) is 5.26 Å². The van der Waals surface area contributed by atoms with Crippen molar-refractivity contribution in [2.24, 2.45) is 0 Å². The number of benzene rings is 1. The molecule has 0 unspecified atom stereocenters. The molecule has 2 rings (SSSR count). The van der Waals surface area contributed by atoms with Gasteiger partial charge in [-0.15, -0.1) is 0 Å². The van der Waals surface area contributed by atoms with Gasteiger partial charge in [0.25, 0.3) is 0 Å². The van der Waals surface area contributed by atoms with Gasteiger partial charge >= 0.3 is 0 Å². The minimum atomic E-state index is 0.462. The third kappa shape index (κ3) is 2.83. The maximum atomic E-state index is 9.05. The first-order valence-corrected chi connectivity index (χ1v) is 5.94. The second-order valence-corrected chi connectivity index (χ2v) is 4.15. The van der Waals surface area contributed by atoms with Crippen molar-refractivity contribution in [3.05, 3.63) is 53.9 Å². The normalized spacial score (nSPS) is 9.74. The number of ether oxygens (including phenoxy) is 1. The Hall–Kier alpha value is -2.54. The van der Waals surface area contributed by atoms with E-state index >= 15 is 0 Å². The minimum absolute atomic E-state index is 0.462. The molecule has 1 aromatic carbocycles.